The Morgan fingerprint density at radius 3 is 2.62 bits per heavy atom. The second-order valence-electron chi connectivity index (χ2n) is 7.83. The van der Waals surface area contributed by atoms with Crippen LogP contribution in [0.1, 0.15) is 40.3 Å². The van der Waals surface area contributed by atoms with Crippen LogP contribution in [-0.4, -0.2) is 46.4 Å². The second-order valence-corrected chi connectivity index (χ2v) is 7.83. The molecule has 1 aliphatic rings. The van der Waals surface area contributed by atoms with Gasteiger partial charge in [-0.3, -0.25) is 9.58 Å². The fourth-order valence-corrected chi connectivity index (χ4v) is 3.29. The molecule has 0 aliphatic carbocycles. The van der Waals surface area contributed by atoms with Crippen LogP contribution in [0.4, 0.5) is 0 Å². The summed E-state index contributed by atoms with van der Waals surface area (Å²) < 4.78 is 1.99. The van der Waals surface area contributed by atoms with Crippen molar-refractivity contribution in [3.8, 4) is 0 Å². The summed E-state index contributed by atoms with van der Waals surface area (Å²) >= 11 is 0. The Morgan fingerprint density at radius 2 is 2.10 bits per heavy atom. The summed E-state index contributed by atoms with van der Waals surface area (Å²) in [5.41, 5.74) is 1.63. The van der Waals surface area contributed by atoms with Crippen LogP contribution >= 0.6 is 0 Å². The highest BCUT2D eigenvalue weighted by molar-refractivity contribution is 5.02. The zero-order valence-corrected chi connectivity index (χ0v) is 14.6. The van der Waals surface area contributed by atoms with E-state index in [2.05, 4.69) is 56.0 Å². The van der Waals surface area contributed by atoms with Crippen molar-refractivity contribution in [3.63, 3.8) is 0 Å². The topological polar surface area (TPSA) is 33.1 Å². The summed E-state index contributed by atoms with van der Waals surface area (Å²) in [7, 11) is 2.03. The van der Waals surface area contributed by atoms with Crippen LogP contribution in [0.5, 0.6) is 0 Å². The van der Waals surface area contributed by atoms with Gasteiger partial charge in [-0.1, -0.05) is 34.6 Å². The minimum atomic E-state index is 0.307. The van der Waals surface area contributed by atoms with Crippen LogP contribution < -0.4 is 5.32 Å². The number of piperazine rings is 1. The monoisotopic (exact) mass is 292 g/mol. The third kappa shape index (κ3) is 4.07. The molecule has 120 valence electrons. The lowest BCUT2D eigenvalue weighted by atomic mass is 9.83. The summed E-state index contributed by atoms with van der Waals surface area (Å²) in [4.78, 5) is 2.69. The molecule has 1 aromatic rings. The highest BCUT2D eigenvalue weighted by atomic mass is 15.3. The van der Waals surface area contributed by atoms with Crippen LogP contribution in [-0.2, 0) is 13.5 Å². The van der Waals surface area contributed by atoms with Gasteiger partial charge in [-0.05, 0) is 17.4 Å². The van der Waals surface area contributed by atoms with E-state index in [0.29, 0.717) is 23.4 Å². The molecule has 21 heavy (non-hydrogen) atoms. The molecule has 0 bridgehead atoms. The number of nitrogens with one attached hydrogen (secondary N) is 1. The fraction of sp³-hybridized carbons (Fsp3) is 0.824. The SMILES string of the molecule is CC(C)C1CN(CCc2ccnn2C)C(C(C)(C)C)CN1. The van der Waals surface area contributed by atoms with Crippen molar-refractivity contribution in [2.75, 3.05) is 19.6 Å². The van der Waals surface area contributed by atoms with E-state index in [1.165, 1.54) is 5.69 Å². The van der Waals surface area contributed by atoms with E-state index in [4.69, 9.17) is 0 Å². The first kappa shape index (κ1) is 16.5. The van der Waals surface area contributed by atoms with Crippen LogP contribution in [0.2, 0.25) is 0 Å². The molecule has 2 heterocycles. The molecule has 1 N–H and O–H groups in total. The predicted octanol–water partition coefficient (Wildman–Crippen LogP) is 2.31. The molecule has 2 atom stereocenters. The fourth-order valence-electron chi connectivity index (χ4n) is 3.29. The first-order valence-corrected chi connectivity index (χ1v) is 8.23. The number of hydrogen-bond acceptors (Lipinski definition) is 3. The Morgan fingerprint density at radius 1 is 1.38 bits per heavy atom. The number of rotatable bonds is 4. The lowest BCUT2D eigenvalue weighted by Crippen LogP contribution is -2.62. The van der Waals surface area contributed by atoms with Crippen molar-refractivity contribution in [3.05, 3.63) is 18.0 Å². The largest absolute Gasteiger partial charge is 0.311 e. The molecule has 1 aliphatic heterocycles. The Labute approximate surface area is 129 Å². The summed E-state index contributed by atoms with van der Waals surface area (Å²) in [6.45, 7) is 15.1. The lowest BCUT2D eigenvalue weighted by Gasteiger charge is -2.47. The van der Waals surface area contributed by atoms with E-state index in [9.17, 15) is 0 Å². The average molecular weight is 292 g/mol. The molecule has 2 unspecified atom stereocenters. The number of aromatic nitrogens is 2. The Kier molecular flexibility index (Phi) is 5.10. The molecule has 4 nitrogen and oxygen atoms in total. The van der Waals surface area contributed by atoms with Gasteiger partial charge in [0.05, 0.1) is 0 Å². The predicted molar refractivity (Wildman–Crippen MR) is 88.4 cm³/mol. The molecule has 0 spiro atoms. The minimum absolute atomic E-state index is 0.307. The highest BCUT2D eigenvalue weighted by Crippen LogP contribution is 2.27. The summed E-state index contributed by atoms with van der Waals surface area (Å²) in [5, 5.41) is 8.03. The average Bonchev–Trinajstić information content (AvgIpc) is 2.80. The molecule has 0 radical (unpaired) electrons. The quantitative estimate of drug-likeness (QED) is 0.924. The molecule has 0 saturated carbocycles. The molecule has 1 saturated heterocycles. The molecular weight excluding hydrogens is 260 g/mol. The van der Waals surface area contributed by atoms with E-state index in [0.717, 1.165) is 26.1 Å². The molecular formula is C17H32N4. The van der Waals surface area contributed by atoms with Crippen molar-refractivity contribution < 1.29 is 0 Å². The third-order valence-corrected chi connectivity index (χ3v) is 4.83. The zero-order valence-electron chi connectivity index (χ0n) is 14.6. The van der Waals surface area contributed by atoms with Crippen molar-refractivity contribution >= 4 is 0 Å². The first-order chi connectivity index (χ1) is 9.79. The first-order valence-electron chi connectivity index (χ1n) is 8.23. The Bertz CT molecular complexity index is 444. The van der Waals surface area contributed by atoms with Crippen LogP contribution in [0.15, 0.2) is 12.3 Å². The molecule has 1 aromatic heterocycles. The molecule has 2 rings (SSSR count). The van der Waals surface area contributed by atoms with Gasteiger partial charge in [-0.25, -0.2) is 0 Å². The smallest absolute Gasteiger partial charge is 0.0492 e. The summed E-state index contributed by atoms with van der Waals surface area (Å²) in [6.07, 6.45) is 2.97. The van der Waals surface area contributed by atoms with E-state index >= 15 is 0 Å². The van der Waals surface area contributed by atoms with Gasteiger partial charge >= 0.3 is 0 Å². The van der Waals surface area contributed by atoms with E-state index < -0.39 is 0 Å². The summed E-state index contributed by atoms with van der Waals surface area (Å²) in [5.74, 6) is 0.685. The highest BCUT2D eigenvalue weighted by Gasteiger charge is 2.35. The number of aryl methyl sites for hydroxylation is 1. The van der Waals surface area contributed by atoms with Crippen molar-refractivity contribution in [1.29, 1.82) is 0 Å². The van der Waals surface area contributed by atoms with Gasteiger partial charge in [-0.15, -0.1) is 0 Å². The van der Waals surface area contributed by atoms with E-state index in [1.807, 2.05) is 17.9 Å². The van der Waals surface area contributed by atoms with Crippen LogP contribution in [0, 0.1) is 11.3 Å². The molecule has 4 heteroatoms. The van der Waals surface area contributed by atoms with E-state index in [-0.39, 0.29) is 0 Å². The maximum Gasteiger partial charge on any atom is 0.0492 e. The Balaban J connectivity index is 2.04. The maximum atomic E-state index is 4.28. The molecule has 0 aromatic carbocycles. The second kappa shape index (κ2) is 6.49. The summed E-state index contributed by atoms with van der Waals surface area (Å²) in [6, 6.07) is 3.34. The van der Waals surface area contributed by atoms with Gasteiger partial charge in [0, 0.05) is 57.1 Å². The third-order valence-electron chi connectivity index (χ3n) is 4.83. The van der Waals surface area contributed by atoms with Gasteiger partial charge in [-0.2, -0.15) is 5.10 Å². The molecule has 0 amide bonds. The van der Waals surface area contributed by atoms with Crippen molar-refractivity contribution in [2.45, 2.75) is 53.1 Å². The minimum Gasteiger partial charge on any atom is -0.311 e. The van der Waals surface area contributed by atoms with Crippen LogP contribution in [0.3, 0.4) is 0 Å². The maximum absolute atomic E-state index is 4.28. The van der Waals surface area contributed by atoms with Crippen molar-refractivity contribution in [2.24, 2.45) is 18.4 Å². The van der Waals surface area contributed by atoms with Crippen molar-refractivity contribution in [1.82, 2.24) is 20.0 Å². The van der Waals surface area contributed by atoms with E-state index in [1.54, 1.807) is 0 Å². The number of hydrogen-bond donors (Lipinski definition) is 1. The van der Waals surface area contributed by atoms with Gasteiger partial charge in [0.25, 0.3) is 0 Å². The van der Waals surface area contributed by atoms with Gasteiger partial charge in [0.2, 0.25) is 0 Å². The normalized spacial score (nSPS) is 24.7. The lowest BCUT2D eigenvalue weighted by molar-refractivity contribution is 0.0468. The molecule has 1 fully saturated rings. The van der Waals surface area contributed by atoms with Crippen LogP contribution in [0.25, 0.3) is 0 Å². The zero-order chi connectivity index (χ0) is 15.6. The van der Waals surface area contributed by atoms with Gasteiger partial charge in [0.1, 0.15) is 0 Å². The standard InChI is InChI=1S/C17H32N4/c1-13(2)15-12-21(16(11-18-15)17(3,4)5)10-8-14-7-9-19-20(14)6/h7,9,13,15-16,18H,8,10-12H2,1-6H3. The van der Waals surface area contributed by atoms with Gasteiger partial charge in [0.15, 0.2) is 0 Å². The Hall–Kier alpha value is -0.870. The van der Waals surface area contributed by atoms with Gasteiger partial charge < -0.3 is 5.32 Å². The number of nitrogens with zero attached hydrogens (tertiary/aromatic N) is 3.